The van der Waals surface area contributed by atoms with Crippen LogP contribution in [0, 0.1) is 6.92 Å². The number of hydrogen-bond donors (Lipinski definition) is 1. The van der Waals surface area contributed by atoms with Crippen molar-refractivity contribution in [2.75, 3.05) is 5.32 Å². The lowest BCUT2D eigenvalue weighted by molar-refractivity contribution is 0.102. The van der Waals surface area contributed by atoms with Crippen molar-refractivity contribution >= 4 is 32.6 Å². The maximum absolute atomic E-state index is 12.5. The van der Waals surface area contributed by atoms with Crippen LogP contribution in [0.1, 0.15) is 54.1 Å². The molecule has 1 amide bonds. The van der Waals surface area contributed by atoms with Gasteiger partial charge in [0.1, 0.15) is 0 Å². The number of aryl methyl sites for hydroxylation is 1. The average Bonchev–Trinajstić information content (AvgIpc) is 3.22. The molecule has 0 radical (unpaired) electrons. The van der Waals surface area contributed by atoms with Gasteiger partial charge in [-0.3, -0.25) is 14.8 Å². The maximum Gasteiger partial charge on any atom is 0.260 e. The smallest absolute Gasteiger partial charge is 0.260 e. The van der Waals surface area contributed by atoms with Gasteiger partial charge in [0.2, 0.25) is 0 Å². The van der Waals surface area contributed by atoms with Gasteiger partial charge in [0.25, 0.3) is 5.91 Å². The summed E-state index contributed by atoms with van der Waals surface area (Å²) in [4.78, 5) is 16.9. The fraction of sp³-hybridized carbons (Fsp3) is 0.389. The first kappa shape index (κ1) is 15.3. The summed E-state index contributed by atoms with van der Waals surface area (Å²) >= 11 is 1.50. The molecule has 0 bridgehead atoms. The second-order valence-corrected chi connectivity index (χ2v) is 7.48. The van der Waals surface area contributed by atoms with Gasteiger partial charge in [-0.1, -0.05) is 36.7 Å². The first-order valence-corrected chi connectivity index (χ1v) is 9.23. The van der Waals surface area contributed by atoms with Crippen LogP contribution in [0.5, 0.6) is 0 Å². The monoisotopic (exact) mass is 340 g/mol. The Bertz CT molecular complexity index is 876. The van der Waals surface area contributed by atoms with E-state index in [9.17, 15) is 4.79 Å². The van der Waals surface area contributed by atoms with Gasteiger partial charge >= 0.3 is 0 Å². The molecular weight excluding hydrogens is 320 g/mol. The van der Waals surface area contributed by atoms with Crippen molar-refractivity contribution in [3.05, 3.63) is 41.7 Å². The number of rotatable bonds is 3. The summed E-state index contributed by atoms with van der Waals surface area (Å²) in [5.41, 5.74) is 2.70. The van der Waals surface area contributed by atoms with Gasteiger partial charge in [-0.2, -0.15) is 5.10 Å². The highest BCUT2D eigenvalue weighted by atomic mass is 32.1. The maximum atomic E-state index is 12.5. The van der Waals surface area contributed by atoms with Crippen LogP contribution >= 0.6 is 11.3 Å². The zero-order chi connectivity index (χ0) is 16.5. The molecule has 0 saturated heterocycles. The Morgan fingerprint density at radius 2 is 2.12 bits per heavy atom. The summed E-state index contributed by atoms with van der Waals surface area (Å²) in [7, 11) is 0. The molecule has 1 N–H and O–H groups in total. The van der Waals surface area contributed by atoms with Crippen LogP contribution in [0.15, 0.2) is 30.6 Å². The van der Waals surface area contributed by atoms with Crippen LogP contribution in [0.4, 0.5) is 5.13 Å². The zero-order valence-corrected chi connectivity index (χ0v) is 14.5. The number of fused-ring (bicyclic) bond motifs is 1. The number of hydrogen-bond acceptors (Lipinski definition) is 4. The van der Waals surface area contributed by atoms with Crippen LogP contribution in [-0.2, 0) is 0 Å². The number of anilines is 1. The lowest BCUT2D eigenvalue weighted by Crippen LogP contribution is -2.14. The van der Waals surface area contributed by atoms with E-state index in [4.69, 9.17) is 0 Å². The van der Waals surface area contributed by atoms with E-state index in [-0.39, 0.29) is 5.91 Å². The van der Waals surface area contributed by atoms with Gasteiger partial charge in [0.05, 0.1) is 28.0 Å². The van der Waals surface area contributed by atoms with E-state index in [1.807, 2.05) is 23.0 Å². The average molecular weight is 340 g/mol. The Hall–Kier alpha value is -2.21. The van der Waals surface area contributed by atoms with E-state index >= 15 is 0 Å². The van der Waals surface area contributed by atoms with Crippen LogP contribution in [-0.4, -0.2) is 20.7 Å². The number of nitrogens with one attached hydrogen (secondary N) is 1. The Morgan fingerprint density at radius 1 is 1.29 bits per heavy atom. The van der Waals surface area contributed by atoms with Gasteiger partial charge in [0.15, 0.2) is 5.13 Å². The fourth-order valence-electron chi connectivity index (χ4n) is 3.26. The highest BCUT2D eigenvalue weighted by molar-refractivity contribution is 7.22. The number of amides is 1. The third-order valence-corrected chi connectivity index (χ3v) is 5.51. The lowest BCUT2D eigenvalue weighted by atomic mass is 9.96. The summed E-state index contributed by atoms with van der Waals surface area (Å²) in [6.07, 6.45) is 9.63. The topological polar surface area (TPSA) is 59.8 Å². The van der Waals surface area contributed by atoms with Crippen molar-refractivity contribution in [1.82, 2.24) is 14.8 Å². The minimum absolute atomic E-state index is 0.146. The molecule has 5 nitrogen and oxygen atoms in total. The molecule has 1 aliphatic rings. The van der Waals surface area contributed by atoms with Crippen molar-refractivity contribution < 1.29 is 4.79 Å². The SMILES string of the molecule is Cc1ccc2nc(NC(=O)c3cnn(C4CCCCC4)c3)sc2c1. The van der Waals surface area contributed by atoms with Crippen molar-refractivity contribution in [2.45, 2.75) is 45.1 Å². The second-order valence-electron chi connectivity index (χ2n) is 6.45. The molecule has 0 spiro atoms. The van der Waals surface area contributed by atoms with Crippen LogP contribution < -0.4 is 5.32 Å². The fourth-order valence-corrected chi connectivity index (χ4v) is 4.21. The second kappa shape index (κ2) is 6.36. The van der Waals surface area contributed by atoms with E-state index < -0.39 is 0 Å². The zero-order valence-electron chi connectivity index (χ0n) is 13.7. The molecule has 2 heterocycles. The molecule has 1 saturated carbocycles. The molecule has 0 unspecified atom stereocenters. The van der Waals surface area contributed by atoms with Crippen molar-refractivity contribution in [3.8, 4) is 0 Å². The first-order chi connectivity index (χ1) is 11.7. The highest BCUT2D eigenvalue weighted by Crippen LogP contribution is 2.29. The van der Waals surface area contributed by atoms with E-state index in [1.165, 1.54) is 36.2 Å². The summed E-state index contributed by atoms with van der Waals surface area (Å²) in [5, 5.41) is 7.92. The highest BCUT2D eigenvalue weighted by Gasteiger charge is 2.18. The van der Waals surface area contributed by atoms with Gasteiger partial charge in [-0.15, -0.1) is 0 Å². The standard InChI is InChI=1S/C18H20N4OS/c1-12-7-8-15-16(9-12)24-18(20-15)21-17(23)13-10-19-22(11-13)14-5-3-2-4-6-14/h7-11,14H,2-6H2,1H3,(H,20,21,23). The van der Waals surface area contributed by atoms with Crippen molar-refractivity contribution in [1.29, 1.82) is 0 Å². The predicted molar refractivity (Wildman–Crippen MR) is 96.7 cm³/mol. The van der Waals surface area contributed by atoms with Crippen LogP contribution in [0.3, 0.4) is 0 Å². The van der Waals surface area contributed by atoms with E-state index in [2.05, 4.69) is 28.4 Å². The Kier molecular flexibility index (Phi) is 4.06. The third kappa shape index (κ3) is 3.06. The van der Waals surface area contributed by atoms with Crippen molar-refractivity contribution in [2.24, 2.45) is 0 Å². The lowest BCUT2D eigenvalue weighted by Gasteiger charge is -2.21. The molecule has 1 aromatic carbocycles. The largest absolute Gasteiger partial charge is 0.298 e. The van der Waals surface area contributed by atoms with E-state index in [0.29, 0.717) is 16.7 Å². The predicted octanol–water partition coefficient (Wildman–Crippen LogP) is 4.56. The molecule has 6 heteroatoms. The summed E-state index contributed by atoms with van der Waals surface area (Å²) in [6, 6.07) is 6.54. The Balaban J connectivity index is 1.49. The van der Waals surface area contributed by atoms with Gasteiger partial charge < -0.3 is 0 Å². The molecule has 1 fully saturated rings. The molecule has 1 aliphatic carbocycles. The molecule has 0 aliphatic heterocycles. The molecule has 2 aromatic heterocycles. The Morgan fingerprint density at radius 3 is 2.96 bits per heavy atom. The third-order valence-electron chi connectivity index (χ3n) is 4.58. The van der Waals surface area contributed by atoms with E-state index in [1.54, 1.807) is 6.20 Å². The molecule has 24 heavy (non-hydrogen) atoms. The normalized spacial score (nSPS) is 15.7. The molecular formula is C18H20N4OS. The van der Waals surface area contributed by atoms with Crippen molar-refractivity contribution in [3.63, 3.8) is 0 Å². The number of thiazole rings is 1. The number of benzene rings is 1. The molecule has 4 rings (SSSR count). The summed E-state index contributed by atoms with van der Waals surface area (Å²) < 4.78 is 3.04. The van der Waals surface area contributed by atoms with E-state index in [0.717, 1.165) is 23.1 Å². The van der Waals surface area contributed by atoms with Gasteiger partial charge in [0, 0.05) is 6.20 Å². The number of nitrogens with zero attached hydrogens (tertiary/aromatic N) is 3. The summed E-state index contributed by atoms with van der Waals surface area (Å²) in [5.74, 6) is -0.146. The van der Waals surface area contributed by atoms with Crippen LogP contribution in [0.2, 0.25) is 0 Å². The Labute approximate surface area is 144 Å². The number of carbonyl (C=O) groups excluding carboxylic acids is 1. The number of aromatic nitrogens is 3. The van der Waals surface area contributed by atoms with Crippen LogP contribution in [0.25, 0.3) is 10.2 Å². The quantitative estimate of drug-likeness (QED) is 0.760. The van der Waals surface area contributed by atoms with Gasteiger partial charge in [-0.25, -0.2) is 4.98 Å². The summed E-state index contributed by atoms with van der Waals surface area (Å²) in [6.45, 7) is 2.05. The molecule has 0 atom stereocenters. The molecule has 3 aromatic rings. The number of carbonyl (C=O) groups is 1. The minimum atomic E-state index is -0.146. The van der Waals surface area contributed by atoms with Gasteiger partial charge in [-0.05, 0) is 37.5 Å². The first-order valence-electron chi connectivity index (χ1n) is 8.42. The molecule has 124 valence electrons. The minimum Gasteiger partial charge on any atom is -0.298 e.